The molecule has 0 aliphatic carbocycles. The highest BCUT2D eigenvalue weighted by molar-refractivity contribution is 9.10. The molecule has 1 heterocycles. The van der Waals surface area contributed by atoms with Crippen molar-refractivity contribution in [2.75, 3.05) is 19.8 Å². The Morgan fingerprint density at radius 3 is 2.93 bits per heavy atom. The van der Waals surface area contributed by atoms with Crippen molar-refractivity contribution in [2.24, 2.45) is 0 Å². The monoisotopic (exact) mass is 280 g/mol. The molecule has 0 amide bonds. The summed E-state index contributed by atoms with van der Waals surface area (Å²) >= 11 is 8.97. The van der Waals surface area contributed by atoms with Crippen LogP contribution in [0.3, 0.4) is 0 Å². The van der Waals surface area contributed by atoms with Crippen LogP contribution in [0.15, 0.2) is 10.8 Å². The number of rotatable bonds is 5. The van der Waals surface area contributed by atoms with Gasteiger partial charge in [-0.2, -0.15) is 0 Å². The maximum atomic E-state index is 5.74. The van der Waals surface area contributed by atoms with Crippen molar-refractivity contribution in [3.63, 3.8) is 0 Å². The fraction of sp³-hybridized carbons (Fsp3) is 0.500. The maximum Gasteiger partial charge on any atom is 0.232 e. The highest BCUT2D eigenvalue weighted by Crippen LogP contribution is 2.27. The van der Waals surface area contributed by atoms with E-state index < -0.39 is 0 Å². The second-order valence-corrected chi connectivity index (χ2v) is 3.48. The van der Waals surface area contributed by atoms with Crippen molar-refractivity contribution in [2.45, 2.75) is 6.92 Å². The average molecular weight is 282 g/mol. The first-order chi connectivity index (χ1) is 6.75. The summed E-state index contributed by atoms with van der Waals surface area (Å²) in [6.07, 6.45) is 1.35. The molecule has 0 spiro atoms. The normalized spacial score (nSPS) is 10.2. The fourth-order valence-electron chi connectivity index (χ4n) is 0.776. The Bertz CT molecular complexity index is 299. The third kappa shape index (κ3) is 3.40. The van der Waals surface area contributed by atoms with Gasteiger partial charge in [0.15, 0.2) is 5.15 Å². The van der Waals surface area contributed by atoms with Gasteiger partial charge in [-0.1, -0.05) is 11.6 Å². The first-order valence-corrected chi connectivity index (χ1v) is 5.29. The molecule has 0 bridgehead atoms. The SMILES string of the molecule is CCOCCOc1ncnc(Cl)c1Br. The van der Waals surface area contributed by atoms with Crippen LogP contribution in [0.1, 0.15) is 6.92 Å². The van der Waals surface area contributed by atoms with Crippen molar-refractivity contribution in [3.05, 3.63) is 16.0 Å². The number of ether oxygens (including phenoxy) is 2. The lowest BCUT2D eigenvalue weighted by Gasteiger charge is -2.06. The summed E-state index contributed by atoms with van der Waals surface area (Å²) in [5.74, 6) is 0.435. The molecule has 0 saturated carbocycles. The summed E-state index contributed by atoms with van der Waals surface area (Å²) in [7, 11) is 0. The van der Waals surface area contributed by atoms with Gasteiger partial charge in [0.25, 0.3) is 0 Å². The lowest BCUT2D eigenvalue weighted by atomic mass is 10.6. The summed E-state index contributed by atoms with van der Waals surface area (Å²) in [5, 5.41) is 0.339. The number of hydrogen-bond donors (Lipinski definition) is 0. The number of hydrogen-bond acceptors (Lipinski definition) is 4. The zero-order valence-electron chi connectivity index (χ0n) is 7.67. The van der Waals surface area contributed by atoms with E-state index in [-0.39, 0.29) is 0 Å². The van der Waals surface area contributed by atoms with Crippen LogP contribution in [0.2, 0.25) is 5.15 Å². The number of nitrogens with zero attached hydrogens (tertiary/aromatic N) is 2. The molecule has 0 N–H and O–H groups in total. The number of halogens is 2. The Hall–Kier alpha value is -0.390. The second kappa shape index (κ2) is 6.16. The van der Waals surface area contributed by atoms with Crippen molar-refractivity contribution >= 4 is 27.5 Å². The van der Waals surface area contributed by atoms with Crippen LogP contribution in [0.25, 0.3) is 0 Å². The van der Waals surface area contributed by atoms with E-state index in [0.717, 1.165) is 0 Å². The molecule has 0 unspecified atom stereocenters. The standard InChI is InChI=1S/C8H10BrClN2O2/c1-2-13-3-4-14-8-6(9)7(10)11-5-12-8/h5H,2-4H2,1H3. The molecule has 0 aromatic carbocycles. The molecule has 0 fully saturated rings. The topological polar surface area (TPSA) is 44.2 Å². The molecule has 1 aromatic heterocycles. The quantitative estimate of drug-likeness (QED) is 0.614. The van der Waals surface area contributed by atoms with Crippen molar-refractivity contribution < 1.29 is 9.47 Å². The summed E-state index contributed by atoms with van der Waals surface area (Å²) in [4.78, 5) is 7.70. The average Bonchev–Trinajstić information content (AvgIpc) is 2.19. The molecule has 14 heavy (non-hydrogen) atoms. The number of aromatic nitrogens is 2. The minimum Gasteiger partial charge on any atom is -0.474 e. The van der Waals surface area contributed by atoms with E-state index in [4.69, 9.17) is 21.1 Å². The Morgan fingerprint density at radius 2 is 2.21 bits per heavy atom. The van der Waals surface area contributed by atoms with Crippen LogP contribution < -0.4 is 4.74 Å². The van der Waals surface area contributed by atoms with Crippen LogP contribution in [0.5, 0.6) is 5.88 Å². The van der Waals surface area contributed by atoms with Gasteiger partial charge in [0.05, 0.1) is 6.61 Å². The molecule has 0 aliphatic rings. The molecule has 6 heteroatoms. The van der Waals surface area contributed by atoms with Crippen molar-refractivity contribution in [3.8, 4) is 5.88 Å². The Morgan fingerprint density at radius 1 is 1.43 bits per heavy atom. The first kappa shape index (κ1) is 11.7. The van der Waals surface area contributed by atoms with Gasteiger partial charge >= 0.3 is 0 Å². The van der Waals surface area contributed by atoms with Crippen LogP contribution in [-0.2, 0) is 4.74 Å². The van der Waals surface area contributed by atoms with E-state index in [1.807, 2.05) is 6.92 Å². The Labute approximate surface area is 95.7 Å². The van der Waals surface area contributed by atoms with Gasteiger partial charge in [-0.15, -0.1) is 0 Å². The van der Waals surface area contributed by atoms with Gasteiger partial charge < -0.3 is 9.47 Å². The zero-order chi connectivity index (χ0) is 10.4. The maximum absolute atomic E-state index is 5.74. The van der Waals surface area contributed by atoms with Crippen LogP contribution in [0.4, 0.5) is 0 Å². The Balaban J connectivity index is 2.46. The van der Waals surface area contributed by atoms with Gasteiger partial charge in [0.2, 0.25) is 5.88 Å². The lowest BCUT2D eigenvalue weighted by Crippen LogP contribution is -2.07. The molecule has 0 saturated heterocycles. The molecule has 0 atom stereocenters. The molecular weight excluding hydrogens is 271 g/mol. The van der Waals surface area contributed by atoms with Crippen molar-refractivity contribution in [1.82, 2.24) is 9.97 Å². The van der Waals surface area contributed by atoms with Crippen LogP contribution in [-0.4, -0.2) is 29.8 Å². The largest absolute Gasteiger partial charge is 0.474 e. The van der Waals surface area contributed by atoms with Crippen LogP contribution in [0, 0.1) is 0 Å². The van der Waals surface area contributed by atoms with E-state index in [9.17, 15) is 0 Å². The molecule has 78 valence electrons. The smallest absolute Gasteiger partial charge is 0.232 e. The summed E-state index contributed by atoms with van der Waals surface area (Å²) in [6, 6.07) is 0. The minimum atomic E-state index is 0.339. The minimum absolute atomic E-state index is 0.339. The van der Waals surface area contributed by atoms with E-state index in [1.54, 1.807) is 0 Å². The summed E-state index contributed by atoms with van der Waals surface area (Å²) < 4.78 is 11.0. The molecule has 0 radical (unpaired) electrons. The Kier molecular flexibility index (Phi) is 5.14. The predicted octanol–water partition coefficient (Wildman–Crippen LogP) is 2.31. The molecule has 1 aromatic rings. The van der Waals surface area contributed by atoms with Gasteiger partial charge in [-0.3, -0.25) is 0 Å². The molecule has 1 rings (SSSR count). The predicted molar refractivity (Wildman–Crippen MR) is 56.7 cm³/mol. The van der Waals surface area contributed by atoms with E-state index in [0.29, 0.717) is 35.3 Å². The van der Waals surface area contributed by atoms with E-state index in [2.05, 4.69) is 25.9 Å². The van der Waals surface area contributed by atoms with Crippen LogP contribution >= 0.6 is 27.5 Å². The first-order valence-electron chi connectivity index (χ1n) is 4.12. The lowest BCUT2D eigenvalue weighted by molar-refractivity contribution is 0.108. The third-order valence-corrected chi connectivity index (χ3v) is 2.62. The molecule has 0 aliphatic heterocycles. The highest BCUT2D eigenvalue weighted by Gasteiger charge is 2.07. The van der Waals surface area contributed by atoms with Gasteiger partial charge in [0.1, 0.15) is 17.4 Å². The summed E-state index contributed by atoms with van der Waals surface area (Å²) in [6.45, 7) is 3.58. The van der Waals surface area contributed by atoms with Gasteiger partial charge in [-0.05, 0) is 22.9 Å². The molecular formula is C8H10BrClN2O2. The second-order valence-electron chi connectivity index (χ2n) is 2.33. The van der Waals surface area contributed by atoms with Gasteiger partial charge in [-0.25, -0.2) is 9.97 Å². The van der Waals surface area contributed by atoms with Gasteiger partial charge in [0, 0.05) is 6.61 Å². The van der Waals surface area contributed by atoms with Crippen molar-refractivity contribution in [1.29, 1.82) is 0 Å². The zero-order valence-corrected chi connectivity index (χ0v) is 10.0. The highest BCUT2D eigenvalue weighted by atomic mass is 79.9. The molecule has 4 nitrogen and oxygen atoms in total. The van der Waals surface area contributed by atoms with E-state index >= 15 is 0 Å². The fourth-order valence-corrected chi connectivity index (χ4v) is 1.22. The third-order valence-electron chi connectivity index (χ3n) is 1.39. The van der Waals surface area contributed by atoms with E-state index in [1.165, 1.54) is 6.33 Å². The summed E-state index contributed by atoms with van der Waals surface area (Å²) in [5.41, 5.74) is 0.